The smallest absolute Gasteiger partial charge is 0.0654 e. The van der Waals surface area contributed by atoms with Crippen molar-refractivity contribution in [3.8, 4) is 0 Å². The zero-order chi connectivity index (χ0) is 21.5. The Kier molecular flexibility index (Phi) is 4.34. The van der Waals surface area contributed by atoms with E-state index in [1.807, 2.05) is 0 Å². The summed E-state index contributed by atoms with van der Waals surface area (Å²) in [5, 5.41) is 24.4. The Morgan fingerprint density at radius 1 is 1.00 bits per heavy atom. The molecule has 1 aromatic heterocycles. The molecule has 3 heteroatoms. The van der Waals surface area contributed by atoms with E-state index in [0.29, 0.717) is 23.7 Å². The molecule has 31 heavy (non-hydrogen) atoms. The quantitative estimate of drug-likeness (QED) is 0.622. The minimum Gasteiger partial charge on any atom is -0.393 e. The van der Waals surface area contributed by atoms with Gasteiger partial charge in [0, 0.05) is 17.3 Å². The van der Waals surface area contributed by atoms with Gasteiger partial charge in [0.05, 0.1) is 17.7 Å². The molecule has 4 aliphatic rings. The Labute approximate surface area is 186 Å². The number of hydrogen-bond donors (Lipinski definition) is 2. The number of benzene rings is 1. The van der Waals surface area contributed by atoms with Crippen LogP contribution in [-0.2, 0) is 0 Å². The zero-order valence-electron chi connectivity index (χ0n) is 19.2. The molecule has 3 fully saturated rings. The highest BCUT2D eigenvalue weighted by molar-refractivity contribution is 5.84. The fourth-order valence-electron chi connectivity index (χ4n) is 8.62. The average Bonchev–Trinajstić information content (AvgIpc) is 3.32. The van der Waals surface area contributed by atoms with Crippen LogP contribution >= 0.6 is 0 Å². The summed E-state index contributed by atoms with van der Waals surface area (Å²) in [4.78, 5) is 0. The topological polar surface area (TPSA) is 45.4 Å². The maximum atomic E-state index is 11.7. The van der Waals surface area contributed by atoms with E-state index in [-0.39, 0.29) is 23.0 Å². The molecule has 2 N–H and O–H groups in total. The van der Waals surface area contributed by atoms with Crippen LogP contribution < -0.4 is 0 Å². The molecule has 5 unspecified atom stereocenters. The van der Waals surface area contributed by atoms with Crippen LogP contribution in [-0.4, -0.2) is 27.0 Å². The van der Waals surface area contributed by atoms with Gasteiger partial charge < -0.3 is 14.8 Å². The number of para-hydroxylation sites is 1. The van der Waals surface area contributed by atoms with E-state index >= 15 is 0 Å². The van der Waals surface area contributed by atoms with Gasteiger partial charge in [0.25, 0.3) is 0 Å². The maximum absolute atomic E-state index is 11.7. The van der Waals surface area contributed by atoms with E-state index in [9.17, 15) is 10.2 Å². The molecule has 166 valence electrons. The predicted molar refractivity (Wildman–Crippen MR) is 125 cm³/mol. The van der Waals surface area contributed by atoms with E-state index in [4.69, 9.17) is 0 Å². The Hall–Kier alpha value is -1.58. The Bertz CT molecular complexity index is 1040. The molecule has 0 saturated heterocycles. The molecule has 0 radical (unpaired) electrons. The van der Waals surface area contributed by atoms with Gasteiger partial charge >= 0.3 is 0 Å². The molecular weight excluding hydrogens is 382 g/mol. The van der Waals surface area contributed by atoms with Crippen molar-refractivity contribution in [2.75, 3.05) is 0 Å². The SMILES string of the molecule is C[C@H]1CC[C@]2(C)C3CC(O)[C@]4(C)C(n5ccc6ccccc65)=CCC4C3C(O)C[C@@H]2C1. The molecule has 0 aliphatic heterocycles. The summed E-state index contributed by atoms with van der Waals surface area (Å²) in [6.45, 7) is 7.14. The minimum absolute atomic E-state index is 0.237. The molecule has 0 bridgehead atoms. The summed E-state index contributed by atoms with van der Waals surface area (Å²) in [6, 6.07) is 10.7. The normalized spacial score (nSPS) is 46.9. The van der Waals surface area contributed by atoms with Crippen LogP contribution in [0.4, 0.5) is 0 Å². The summed E-state index contributed by atoms with van der Waals surface area (Å²) >= 11 is 0. The lowest BCUT2D eigenvalue weighted by atomic mass is 9.43. The van der Waals surface area contributed by atoms with Crippen LogP contribution in [0.1, 0.15) is 59.3 Å². The number of aromatic nitrogens is 1. The van der Waals surface area contributed by atoms with Crippen molar-refractivity contribution in [1.29, 1.82) is 0 Å². The number of nitrogens with zero attached hydrogens (tertiary/aromatic N) is 1. The maximum Gasteiger partial charge on any atom is 0.0654 e. The predicted octanol–water partition coefficient (Wildman–Crippen LogP) is 5.71. The summed E-state index contributed by atoms with van der Waals surface area (Å²) in [6.07, 6.45) is 10.5. The first-order valence-electron chi connectivity index (χ1n) is 12.5. The number of rotatable bonds is 1. The van der Waals surface area contributed by atoms with Gasteiger partial charge in [-0.05, 0) is 84.6 Å². The first-order chi connectivity index (χ1) is 14.8. The van der Waals surface area contributed by atoms with Crippen LogP contribution in [0, 0.1) is 40.4 Å². The number of aliphatic hydroxyl groups is 2. The summed E-state index contributed by atoms with van der Waals surface area (Å²) in [5.74, 6) is 2.40. The van der Waals surface area contributed by atoms with Gasteiger partial charge in [-0.15, -0.1) is 0 Å². The van der Waals surface area contributed by atoms with Crippen molar-refractivity contribution in [2.24, 2.45) is 40.4 Å². The third kappa shape index (κ3) is 2.60. The summed E-state index contributed by atoms with van der Waals surface area (Å²) in [5.41, 5.74) is 2.40. The van der Waals surface area contributed by atoms with E-state index in [0.717, 1.165) is 25.2 Å². The fraction of sp³-hybridized carbons (Fsp3) is 0.643. The molecule has 0 spiro atoms. The highest BCUT2D eigenvalue weighted by Gasteiger charge is 2.64. The third-order valence-corrected chi connectivity index (χ3v) is 10.5. The van der Waals surface area contributed by atoms with E-state index in [2.05, 4.69) is 67.9 Å². The first-order valence-corrected chi connectivity index (χ1v) is 12.5. The van der Waals surface area contributed by atoms with Gasteiger partial charge in [-0.2, -0.15) is 0 Å². The first kappa shape index (κ1) is 20.1. The summed E-state index contributed by atoms with van der Waals surface area (Å²) in [7, 11) is 0. The Balaban J connectivity index is 1.40. The third-order valence-electron chi connectivity index (χ3n) is 10.5. The van der Waals surface area contributed by atoms with Crippen molar-refractivity contribution in [1.82, 2.24) is 4.57 Å². The van der Waals surface area contributed by atoms with Crippen molar-refractivity contribution >= 4 is 16.6 Å². The van der Waals surface area contributed by atoms with Gasteiger partial charge in [0.1, 0.15) is 0 Å². The molecule has 3 saturated carbocycles. The van der Waals surface area contributed by atoms with Gasteiger partial charge in [0.15, 0.2) is 0 Å². The van der Waals surface area contributed by atoms with Crippen molar-refractivity contribution in [3.05, 3.63) is 42.6 Å². The van der Waals surface area contributed by atoms with Crippen molar-refractivity contribution in [2.45, 2.75) is 71.5 Å². The van der Waals surface area contributed by atoms with Gasteiger partial charge in [-0.25, -0.2) is 0 Å². The average molecular weight is 420 g/mol. The lowest BCUT2D eigenvalue weighted by Gasteiger charge is -2.63. The molecule has 4 aliphatic carbocycles. The van der Waals surface area contributed by atoms with Crippen LogP contribution in [0.3, 0.4) is 0 Å². The molecule has 2 aromatic rings. The molecule has 0 amide bonds. The lowest BCUT2D eigenvalue weighted by molar-refractivity contribution is -0.185. The van der Waals surface area contributed by atoms with Crippen LogP contribution in [0.5, 0.6) is 0 Å². The molecule has 1 aromatic carbocycles. The second kappa shape index (κ2) is 6.71. The van der Waals surface area contributed by atoms with E-state index in [1.54, 1.807) is 0 Å². The van der Waals surface area contributed by atoms with Crippen LogP contribution in [0.2, 0.25) is 0 Å². The van der Waals surface area contributed by atoms with E-state index in [1.165, 1.54) is 35.9 Å². The molecule has 3 nitrogen and oxygen atoms in total. The standard InChI is InChI=1S/C28H37NO2/c1-17-10-12-27(2)19(14-17)15-23(30)26-20-8-9-24(28(20,3)25(31)16-21(26)27)29-13-11-18-6-4-5-7-22(18)29/h4-7,9,11,13,17,19-21,23,25-26,30-31H,8,10,12,14-16H2,1-3H3/t17-,19-,20?,21?,23?,25?,26?,27-,28-/m0/s1. The molecule has 1 heterocycles. The number of aliphatic hydroxyl groups excluding tert-OH is 2. The Morgan fingerprint density at radius 3 is 2.65 bits per heavy atom. The molecule has 9 atom stereocenters. The Morgan fingerprint density at radius 2 is 1.81 bits per heavy atom. The van der Waals surface area contributed by atoms with Crippen LogP contribution in [0.25, 0.3) is 16.6 Å². The number of allylic oxidation sites excluding steroid dienone is 1. The van der Waals surface area contributed by atoms with Crippen LogP contribution in [0.15, 0.2) is 42.6 Å². The fourth-order valence-corrected chi connectivity index (χ4v) is 8.62. The largest absolute Gasteiger partial charge is 0.393 e. The summed E-state index contributed by atoms with van der Waals surface area (Å²) < 4.78 is 2.31. The number of fused-ring (bicyclic) bond motifs is 6. The highest BCUT2D eigenvalue weighted by Crippen LogP contribution is 2.67. The monoisotopic (exact) mass is 419 g/mol. The highest BCUT2D eigenvalue weighted by atomic mass is 16.3. The van der Waals surface area contributed by atoms with E-state index < -0.39 is 0 Å². The van der Waals surface area contributed by atoms with Gasteiger partial charge in [-0.1, -0.05) is 51.5 Å². The zero-order valence-corrected chi connectivity index (χ0v) is 19.2. The van der Waals surface area contributed by atoms with Crippen molar-refractivity contribution < 1.29 is 10.2 Å². The molecule has 6 rings (SSSR count). The molecular formula is C28H37NO2. The lowest BCUT2D eigenvalue weighted by Crippen LogP contribution is -2.61. The van der Waals surface area contributed by atoms with Crippen molar-refractivity contribution in [3.63, 3.8) is 0 Å². The van der Waals surface area contributed by atoms with Gasteiger partial charge in [-0.3, -0.25) is 0 Å². The van der Waals surface area contributed by atoms with Gasteiger partial charge in [0.2, 0.25) is 0 Å². The second-order valence-corrected chi connectivity index (χ2v) is 11.8. The minimum atomic E-state index is -0.365. The number of hydrogen-bond acceptors (Lipinski definition) is 2. The second-order valence-electron chi connectivity index (χ2n) is 11.8.